The summed E-state index contributed by atoms with van der Waals surface area (Å²) in [5.74, 6) is -0.529. The lowest BCUT2D eigenvalue weighted by atomic mass is 10.00. The number of ether oxygens (including phenoxy) is 2. The van der Waals surface area contributed by atoms with Gasteiger partial charge in [-0.3, -0.25) is 9.59 Å². The number of likely N-dealkylation sites (tertiary alicyclic amines) is 1. The second kappa shape index (κ2) is 16.1. The summed E-state index contributed by atoms with van der Waals surface area (Å²) >= 11 is 6.59. The molecule has 1 aliphatic rings. The number of nitrogens with one attached hydrogen (secondary N) is 2. The molecule has 1 atom stereocenters. The number of para-hydroxylation sites is 1. The molecule has 12 heteroatoms. The highest BCUT2D eigenvalue weighted by Crippen LogP contribution is 2.33. The first-order chi connectivity index (χ1) is 23.6. The summed E-state index contributed by atoms with van der Waals surface area (Å²) in [4.78, 5) is 39.3. The van der Waals surface area contributed by atoms with Gasteiger partial charge in [0.1, 0.15) is 11.3 Å². The Bertz CT molecular complexity index is 1800. The molecule has 1 aromatic heterocycles. The molecule has 1 saturated heterocycles. The predicted molar refractivity (Wildman–Crippen MR) is 190 cm³/mol. The van der Waals surface area contributed by atoms with E-state index in [1.54, 1.807) is 29.2 Å². The summed E-state index contributed by atoms with van der Waals surface area (Å²) in [5.41, 5.74) is 3.24. The second-order valence-corrected chi connectivity index (χ2v) is 12.6. The van der Waals surface area contributed by atoms with Gasteiger partial charge in [0.05, 0.1) is 11.6 Å². The number of aromatic nitrogens is 2. The summed E-state index contributed by atoms with van der Waals surface area (Å²) in [6.07, 6.45) is 3.48. The van der Waals surface area contributed by atoms with Crippen molar-refractivity contribution in [2.24, 2.45) is 5.92 Å². The van der Waals surface area contributed by atoms with Crippen molar-refractivity contribution < 1.29 is 23.5 Å². The van der Waals surface area contributed by atoms with E-state index in [0.29, 0.717) is 42.6 Å². The Morgan fingerprint density at radius 3 is 2.47 bits per heavy atom. The topological polar surface area (TPSA) is 109 Å². The maximum atomic E-state index is 15.1. The summed E-state index contributed by atoms with van der Waals surface area (Å²) in [7, 11) is 2.08. The first-order valence-corrected chi connectivity index (χ1v) is 16.8. The van der Waals surface area contributed by atoms with E-state index < -0.39 is 11.7 Å². The number of anilines is 3. The molecule has 1 fully saturated rings. The van der Waals surface area contributed by atoms with Crippen molar-refractivity contribution in [3.05, 3.63) is 93.9 Å². The van der Waals surface area contributed by atoms with Gasteiger partial charge in [-0.2, -0.15) is 4.98 Å². The molecule has 4 aromatic rings. The van der Waals surface area contributed by atoms with E-state index in [0.717, 1.165) is 37.1 Å². The zero-order chi connectivity index (χ0) is 35.1. The third-order valence-corrected chi connectivity index (χ3v) is 8.83. The number of piperidine rings is 1. The fourth-order valence-corrected chi connectivity index (χ4v) is 6.03. The number of nitrogens with zero attached hydrogens (tertiary/aromatic N) is 4. The molecule has 0 radical (unpaired) electrons. The first kappa shape index (κ1) is 35.6. The molecule has 258 valence electrons. The molecule has 1 unspecified atom stereocenters. The van der Waals surface area contributed by atoms with Crippen LogP contribution >= 0.6 is 11.6 Å². The first-order valence-electron chi connectivity index (χ1n) is 16.4. The molecule has 49 heavy (non-hydrogen) atoms. The van der Waals surface area contributed by atoms with Crippen molar-refractivity contribution in [1.82, 2.24) is 19.8 Å². The molecular weight excluding hydrogens is 647 g/mol. The fourth-order valence-electron chi connectivity index (χ4n) is 5.81. The summed E-state index contributed by atoms with van der Waals surface area (Å²) < 4.78 is 27.0. The van der Waals surface area contributed by atoms with Crippen LogP contribution in [0.15, 0.2) is 60.8 Å². The lowest BCUT2D eigenvalue weighted by molar-refractivity contribution is 0.0772. The van der Waals surface area contributed by atoms with Crippen LogP contribution in [0, 0.1) is 25.6 Å². The number of carbonyl (C=O) groups is 2. The van der Waals surface area contributed by atoms with Crippen LogP contribution in [0.4, 0.5) is 21.7 Å². The van der Waals surface area contributed by atoms with Crippen molar-refractivity contribution in [2.45, 2.75) is 40.5 Å². The van der Waals surface area contributed by atoms with E-state index >= 15 is 4.39 Å². The van der Waals surface area contributed by atoms with Crippen molar-refractivity contribution in [3.63, 3.8) is 0 Å². The van der Waals surface area contributed by atoms with Gasteiger partial charge in [0, 0.05) is 54.8 Å². The monoisotopic (exact) mass is 688 g/mol. The average Bonchev–Trinajstić information content (AvgIpc) is 3.07. The maximum absolute atomic E-state index is 15.1. The minimum Gasteiger partial charge on any atom is -0.490 e. The summed E-state index contributed by atoms with van der Waals surface area (Å²) in [5, 5.41) is 6.08. The molecule has 0 aliphatic carbocycles. The summed E-state index contributed by atoms with van der Waals surface area (Å²) in [6, 6.07) is 14.9. The smallest absolute Gasteiger partial charge is 0.262 e. The number of carbonyl (C=O) groups excluding carboxylic acids is 2. The molecule has 2 N–H and O–H groups in total. The SMILES string of the molecule is CCN(CC)C(=O)c1ccc(Oc2nc(Nc3ccc(OCC4CCCN(C)C4)c(F)c3)ncc2C(=O)Nc2c(C)cccc2C)c(Cl)c1. The van der Waals surface area contributed by atoms with E-state index in [2.05, 4.69) is 32.5 Å². The van der Waals surface area contributed by atoms with Crippen LogP contribution in [0.3, 0.4) is 0 Å². The molecule has 5 rings (SSSR count). The zero-order valence-electron chi connectivity index (χ0n) is 28.5. The van der Waals surface area contributed by atoms with Crippen molar-refractivity contribution in [1.29, 1.82) is 0 Å². The Balaban J connectivity index is 1.40. The maximum Gasteiger partial charge on any atom is 0.262 e. The van der Waals surface area contributed by atoms with E-state index in [-0.39, 0.29) is 39.8 Å². The van der Waals surface area contributed by atoms with Crippen LogP contribution in [-0.2, 0) is 0 Å². The predicted octanol–water partition coefficient (Wildman–Crippen LogP) is 7.88. The number of benzene rings is 3. The minimum absolute atomic E-state index is 0.0378. The van der Waals surface area contributed by atoms with Crippen LogP contribution in [0.1, 0.15) is 58.5 Å². The Kier molecular flexibility index (Phi) is 11.7. The van der Waals surface area contributed by atoms with Crippen LogP contribution in [0.2, 0.25) is 5.02 Å². The number of rotatable bonds is 12. The average molecular weight is 689 g/mol. The standard InChI is InChI=1S/C37H42ClFN6O4/c1-6-45(7-2)36(47)26-13-15-31(29(38)18-26)49-35-28(34(46)42-33-23(3)10-8-11-24(33)4)20-40-37(43-35)41-27-14-16-32(30(39)19-27)48-22-25-12-9-17-44(5)21-25/h8,10-11,13-16,18-20,25H,6-7,9,12,17,21-22H2,1-5H3,(H,42,46)(H,40,41,43). The zero-order valence-corrected chi connectivity index (χ0v) is 29.2. The number of hydrogen-bond donors (Lipinski definition) is 2. The van der Waals surface area contributed by atoms with Gasteiger partial charge in [-0.15, -0.1) is 0 Å². The number of amides is 2. The molecule has 0 saturated carbocycles. The number of aryl methyl sites for hydroxylation is 2. The number of hydrogen-bond acceptors (Lipinski definition) is 8. The highest BCUT2D eigenvalue weighted by molar-refractivity contribution is 6.32. The third kappa shape index (κ3) is 8.84. The highest BCUT2D eigenvalue weighted by atomic mass is 35.5. The number of halogens is 2. The largest absolute Gasteiger partial charge is 0.490 e. The van der Waals surface area contributed by atoms with Gasteiger partial charge < -0.3 is 29.9 Å². The third-order valence-electron chi connectivity index (χ3n) is 8.54. The van der Waals surface area contributed by atoms with Crippen molar-refractivity contribution >= 4 is 40.7 Å². The molecule has 2 heterocycles. The fraction of sp³-hybridized carbons (Fsp3) is 0.351. The Morgan fingerprint density at radius 1 is 1.06 bits per heavy atom. The van der Waals surface area contributed by atoms with Gasteiger partial charge in [-0.1, -0.05) is 29.8 Å². The molecule has 1 aliphatic heterocycles. The van der Waals surface area contributed by atoms with E-state index in [1.807, 2.05) is 45.9 Å². The van der Waals surface area contributed by atoms with Crippen molar-refractivity contribution in [3.8, 4) is 17.4 Å². The van der Waals surface area contributed by atoms with Gasteiger partial charge in [0.25, 0.3) is 11.8 Å². The molecule has 3 aromatic carbocycles. The van der Waals surface area contributed by atoms with Gasteiger partial charge in [-0.25, -0.2) is 9.37 Å². The molecular formula is C37H42ClFN6O4. The van der Waals surface area contributed by atoms with E-state index in [1.165, 1.54) is 18.3 Å². The molecule has 2 amide bonds. The molecule has 0 bridgehead atoms. The minimum atomic E-state index is -0.527. The quantitative estimate of drug-likeness (QED) is 0.155. The van der Waals surface area contributed by atoms with Gasteiger partial charge in [0.15, 0.2) is 11.6 Å². The normalized spacial score (nSPS) is 14.6. The Hall–Kier alpha value is -4.74. The highest BCUT2D eigenvalue weighted by Gasteiger charge is 2.22. The Labute approximate surface area is 291 Å². The lowest BCUT2D eigenvalue weighted by Gasteiger charge is -2.29. The summed E-state index contributed by atoms with van der Waals surface area (Å²) in [6.45, 7) is 11.1. The second-order valence-electron chi connectivity index (χ2n) is 12.2. The lowest BCUT2D eigenvalue weighted by Crippen LogP contribution is -2.34. The molecule has 0 spiro atoms. The van der Waals surface area contributed by atoms with Crippen LogP contribution < -0.4 is 20.1 Å². The van der Waals surface area contributed by atoms with Crippen LogP contribution in [-0.4, -0.2) is 71.4 Å². The molecule has 10 nitrogen and oxygen atoms in total. The van der Waals surface area contributed by atoms with E-state index in [4.69, 9.17) is 21.1 Å². The van der Waals surface area contributed by atoms with Gasteiger partial charge in [-0.05, 0) is 95.6 Å². The Morgan fingerprint density at radius 2 is 1.80 bits per heavy atom. The van der Waals surface area contributed by atoms with Gasteiger partial charge >= 0.3 is 0 Å². The van der Waals surface area contributed by atoms with Crippen LogP contribution in [0.5, 0.6) is 17.4 Å². The van der Waals surface area contributed by atoms with Gasteiger partial charge in [0.2, 0.25) is 11.8 Å². The van der Waals surface area contributed by atoms with Crippen LogP contribution in [0.25, 0.3) is 0 Å². The van der Waals surface area contributed by atoms with Crippen molar-refractivity contribution in [2.75, 3.05) is 50.5 Å². The van der Waals surface area contributed by atoms with E-state index in [9.17, 15) is 9.59 Å².